The van der Waals surface area contributed by atoms with E-state index in [1.165, 1.54) is 16.2 Å². The molecule has 0 aliphatic heterocycles. The third kappa shape index (κ3) is 2.57. The van der Waals surface area contributed by atoms with Crippen molar-refractivity contribution in [1.29, 1.82) is 0 Å². The Hall–Kier alpha value is -1.43. The van der Waals surface area contributed by atoms with Crippen LogP contribution in [0.2, 0.25) is 0 Å². The summed E-state index contributed by atoms with van der Waals surface area (Å²) in [5, 5.41) is 12.7. The van der Waals surface area contributed by atoms with Crippen molar-refractivity contribution in [2.24, 2.45) is 11.8 Å². The van der Waals surface area contributed by atoms with Crippen molar-refractivity contribution in [2.75, 3.05) is 5.32 Å². The lowest BCUT2D eigenvalue weighted by Gasteiger charge is -2.26. The fourth-order valence-corrected chi connectivity index (χ4v) is 4.23. The molecule has 0 radical (unpaired) electrons. The summed E-state index contributed by atoms with van der Waals surface area (Å²) in [6.45, 7) is 0. The molecule has 0 unspecified atom stereocenters. The van der Waals surface area contributed by atoms with Crippen LogP contribution in [0.15, 0.2) is 0 Å². The van der Waals surface area contributed by atoms with Crippen molar-refractivity contribution in [3.63, 3.8) is 0 Å². The molecule has 0 spiro atoms. The van der Waals surface area contributed by atoms with E-state index in [-0.39, 0.29) is 5.91 Å². The smallest absolute Gasteiger partial charge is 0.307 e. The number of nitrogens with zero attached hydrogens (tertiary/aromatic N) is 1. The number of fused-ring (bicyclic) bond motifs is 1. The number of thiazole rings is 1. The lowest BCUT2D eigenvalue weighted by atomic mass is 9.79. The van der Waals surface area contributed by atoms with Gasteiger partial charge in [-0.15, -0.1) is 11.3 Å². The first kappa shape index (κ1) is 13.5. The fourth-order valence-electron chi connectivity index (χ4n) is 3.18. The van der Waals surface area contributed by atoms with E-state index in [0.717, 1.165) is 37.8 Å². The van der Waals surface area contributed by atoms with Gasteiger partial charge >= 0.3 is 5.97 Å². The van der Waals surface area contributed by atoms with E-state index in [1.54, 1.807) is 0 Å². The predicted octanol–water partition coefficient (Wildman–Crippen LogP) is 2.46. The summed E-state index contributed by atoms with van der Waals surface area (Å²) in [5.41, 5.74) is 1.10. The summed E-state index contributed by atoms with van der Waals surface area (Å²) in [4.78, 5) is 29.2. The normalized spacial score (nSPS) is 25.2. The summed E-state index contributed by atoms with van der Waals surface area (Å²) in [6, 6.07) is 0. The van der Waals surface area contributed by atoms with E-state index in [2.05, 4.69) is 10.3 Å². The second-order valence-electron chi connectivity index (χ2n) is 5.57. The molecule has 2 aliphatic carbocycles. The quantitative estimate of drug-likeness (QED) is 0.897. The van der Waals surface area contributed by atoms with Gasteiger partial charge in [0.1, 0.15) is 0 Å². The standard InChI is InChI=1S/C14H18N2O3S/c17-12(8-4-1-2-5-9(8)13(18)19)16-14-15-10-6-3-7-11(10)20-14/h8-9H,1-7H2,(H,18,19)(H,15,16,17)/t8-,9+/m1/s1. The largest absolute Gasteiger partial charge is 0.481 e. The first-order chi connectivity index (χ1) is 9.65. The maximum Gasteiger partial charge on any atom is 0.307 e. The lowest BCUT2D eigenvalue weighted by molar-refractivity contribution is -0.147. The van der Waals surface area contributed by atoms with Gasteiger partial charge < -0.3 is 10.4 Å². The van der Waals surface area contributed by atoms with E-state index in [1.807, 2.05) is 0 Å². The van der Waals surface area contributed by atoms with E-state index < -0.39 is 17.8 Å². The Morgan fingerprint density at radius 3 is 2.60 bits per heavy atom. The highest BCUT2D eigenvalue weighted by atomic mass is 32.1. The highest BCUT2D eigenvalue weighted by Crippen LogP contribution is 2.33. The van der Waals surface area contributed by atoms with E-state index >= 15 is 0 Å². The Balaban J connectivity index is 1.69. The SMILES string of the molecule is O=C(O)[C@H]1CCCC[C@H]1C(=O)Nc1nc2c(s1)CCC2. The van der Waals surface area contributed by atoms with Crippen molar-refractivity contribution in [3.8, 4) is 0 Å². The molecule has 5 nitrogen and oxygen atoms in total. The number of hydrogen-bond donors (Lipinski definition) is 2. The summed E-state index contributed by atoms with van der Waals surface area (Å²) >= 11 is 1.53. The lowest BCUT2D eigenvalue weighted by Crippen LogP contribution is -2.36. The third-order valence-electron chi connectivity index (χ3n) is 4.25. The number of hydrogen-bond acceptors (Lipinski definition) is 4. The van der Waals surface area contributed by atoms with Crippen molar-refractivity contribution in [1.82, 2.24) is 4.98 Å². The van der Waals surface area contributed by atoms with Crippen LogP contribution in [0.25, 0.3) is 0 Å². The average molecular weight is 294 g/mol. The molecule has 1 amide bonds. The van der Waals surface area contributed by atoms with Crippen molar-refractivity contribution in [3.05, 3.63) is 10.6 Å². The van der Waals surface area contributed by atoms with E-state index in [4.69, 9.17) is 0 Å². The molecule has 1 aromatic heterocycles. The van der Waals surface area contributed by atoms with Crippen LogP contribution in [0.3, 0.4) is 0 Å². The monoisotopic (exact) mass is 294 g/mol. The van der Waals surface area contributed by atoms with Crippen molar-refractivity contribution >= 4 is 28.3 Å². The summed E-state index contributed by atoms with van der Waals surface area (Å²) < 4.78 is 0. The fraction of sp³-hybridized carbons (Fsp3) is 0.643. The summed E-state index contributed by atoms with van der Waals surface area (Å²) in [7, 11) is 0. The number of carbonyl (C=O) groups is 2. The maximum absolute atomic E-state index is 12.3. The predicted molar refractivity (Wildman–Crippen MR) is 75.9 cm³/mol. The highest BCUT2D eigenvalue weighted by molar-refractivity contribution is 7.15. The molecule has 2 aliphatic rings. The van der Waals surface area contributed by atoms with Gasteiger partial charge in [0.05, 0.1) is 17.5 Å². The molecule has 1 fully saturated rings. The Bertz CT molecular complexity index is 519. The van der Waals surface area contributed by atoms with Gasteiger partial charge in [0.15, 0.2) is 5.13 Å². The second kappa shape index (κ2) is 5.52. The number of aliphatic carboxylic acids is 1. The molecule has 3 rings (SSSR count). The first-order valence-electron chi connectivity index (χ1n) is 7.17. The minimum absolute atomic E-state index is 0.176. The van der Waals surface area contributed by atoms with Crippen LogP contribution >= 0.6 is 11.3 Å². The molecular formula is C14H18N2O3S. The molecule has 0 saturated heterocycles. The van der Waals surface area contributed by atoms with Gasteiger partial charge in [-0.1, -0.05) is 12.8 Å². The van der Waals surface area contributed by atoms with Crippen LogP contribution in [0.4, 0.5) is 5.13 Å². The Kier molecular flexibility index (Phi) is 3.74. The number of rotatable bonds is 3. The number of carboxylic acid groups (broad SMARTS) is 1. The van der Waals surface area contributed by atoms with Gasteiger partial charge in [-0.05, 0) is 32.1 Å². The first-order valence-corrected chi connectivity index (χ1v) is 7.99. The number of nitrogens with one attached hydrogen (secondary N) is 1. The topological polar surface area (TPSA) is 79.3 Å². The molecule has 6 heteroatoms. The van der Waals surface area contributed by atoms with E-state index in [9.17, 15) is 14.7 Å². The molecule has 1 heterocycles. The van der Waals surface area contributed by atoms with E-state index in [0.29, 0.717) is 18.0 Å². The van der Waals surface area contributed by atoms with Crippen LogP contribution in [0.1, 0.15) is 42.7 Å². The van der Waals surface area contributed by atoms with Gasteiger partial charge in [-0.2, -0.15) is 0 Å². The van der Waals surface area contributed by atoms with Gasteiger partial charge in [0.25, 0.3) is 0 Å². The molecule has 0 aromatic carbocycles. The Morgan fingerprint density at radius 1 is 1.15 bits per heavy atom. The highest BCUT2D eigenvalue weighted by Gasteiger charge is 2.36. The summed E-state index contributed by atoms with van der Waals surface area (Å²) in [6.07, 6.45) is 6.26. The molecule has 1 aromatic rings. The average Bonchev–Trinajstić information content (AvgIpc) is 2.99. The number of amides is 1. The molecule has 0 bridgehead atoms. The molecule has 2 N–H and O–H groups in total. The minimum atomic E-state index is -0.855. The van der Waals surface area contributed by atoms with Gasteiger partial charge in [-0.25, -0.2) is 4.98 Å². The second-order valence-corrected chi connectivity index (χ2v) is 6.65. The third-order valence-corrected chi connectivity index (χ3v) is 5.32. The van der Waals surface area contributed by atoms with Gasteiger partial charge in [-0.3, -0.25) is 9.59 Å². The van der Waals surface area contributed by atoms with Crippen molar-refractivity contribution < 1.29 is 14.7 Å². The number of carboxylic acids is 1. The summed E-state index contributed by atoms with van der Waals surface area (Å²) in [5.74, 6) is -1.99. The molecular weight excluding hydrogens is 276 g/mol. The van der Waals surface area contributed by atoms with Crippen LogP contribution < -0.4 is 5.32 Å². The molecule has 108 valence electrons. The van der Waals surface area contributed by atoms with Crippen LogP contribution in [0.5, 0.6) is 0 Å². The van der Waals surface area contributed by atoms with Gasteiger partial charge in [0.2, 0.25) is 5.91 Å². The molecule has 2 atom stereocenters. The Morgan fingerprint density at radius 2 is 1.90 bits per heavy atom. The number of carbonyl (C=O) groups excluding carboxylic acids is 1. The number of aryl methyl sites for hydroxylation is 2. The van der Waals surface area contributed by atoms with Crippen molar-refractivity contribution in [2.45, 2.75) is 44.9 Å². The number of anilines is 1. The minimum Gasteiger partial charge on any atom is -0.481 e. The van der Waals surface area contributed by atoms with Crippen LogP contribution in [0, 0.1) is 11.8 Å². The zero-order chi connectivity index (χ0) is 14.1. The Labute approximate surface area is 121 Å². The number of aromatic nitrogens is 1. The molecule has 20 heavy (non-hydrogen) atoms. The van der Waals surface area contributed by atoms with Crippen LogP contribution in [-0.4, -0.2) is 22.0 Å². The molecule has 1 saturated carbocycles. The zero-order valence-electron chi connectivity index (χ0n) is 11.2. The van der Waals surface area contributed by atoms with Crippen LogP contribution in [-0.2, 0) is 22.4 Å². The van der Waals surface area contributed by atoms with Gasteiger partial charge in [0, 0.05) is 4.88 Å². The maximum atomic E-state index is 12.3. The zero-order valence-corrected chi connectivity index (χ0v) is 12.0.